The second-order valence-corrected chi connectivity index (χ2v) is 5.42. The molecule has 0 bridgehead atoms. The van der Waals surface area contributed by atoms with E-state index < -0.39 is 0 Å². The van der Waals surface area contributed by atoms with Gasteiger partial charge in [0.15, 0.2) is 0 Å². The highest BCUT2D eigenvalue weighted by molar-refractivity contribution is 5.86. The molecule has 3 heterocycles. The minimum absolute atomic E-state index is 0.116. The molecule has 1 aromatic carbocycles. The van der Waals surface area contributed by atoms with Crippen molar-refractivity contribution in [1.82, 2.24) is 19.8 Å². The number of fused-ring (bicyclic) bond motifs is 1. The maximum Gasteiger partial charge on any atom is 0.150 e. The van der Waals surface area contributed by atoms with Crippen LogP contribution in [-0.2, 0) is 0 Å². The number of nitrogens with zero attached hydrogens (tertiary/aromatic N) is 4. The number of benzene rings is 1. The van der Waals surface area contributed by atoms with Gasteiger partial charge in [0.05, 0.1) is 5.92 Å². The molecule has 1 aliphatic rings. The van der Waals surface area contributed by atoms with Crippen LogP contribution in [0.25, 0.3) is 22.9 Å². The van der Waals surface area contributed by atoms with Crippen LogP contribution in [0.5, 0.6) is 0 Å². The number of hydrogen-bond donors (Lipinski definition) is 2. The zero-order valence-electron chi connectivity index (χ0n) is 12.5. The first-order valence-corrected chi connectivity index (χ1v) is 7.39. The van der Waals surface area contributed by atoms with E-state index in [9.17, 15) is 0 Å². The van der Waals surface area contributed by atoms with Gasteiger partial charge in [0.25, 0.3) is 0 Å². The molecule has 1 unspecified atom stereocenters. The van der Waals surface area contributed by atoms with E-state index in [1.165, 1.54) is 0 Å². The number of hydrogen-bond acceptors (Lipinski definition) is 5. The van der Waals surface area contributed by atoms with Crippen molar-refractivity contribution in [1.29, 1.82) is 0 Å². The van der Waals surface area contributed by atoms with Crippen LogP contribution in [0.3, 0.4) is 0 Å². The van der Waals surface area contributed by atoms with Crippen molar-refractivity contribution in [3.05, 3.63) is 54.6 Å². The van der Waals surface area contributed by atoms with Gasteiger partial charge in [0.2, 0.25) is 0 Å². The summed E-state index contributed by atoms with van der Waals surface area (Å²) in [6.45, 7) is 4.51. The molecule has 114 valence electrons. The molecule has 1 aliphatic heterocycles. The lowest BCUT2D eigenvalue weighted by molar-refractivity contribution is 0.731. The third-order valence-corrected chi connectivity index (χ3v) is 4.02. The number of aromatic nitrogens is 3. The average Bonchev–Trinajstić information content (AvgIpc) is 3.23. The van der Waals surface area contributed by atoms with Gasteiger partial charge in [-0.3, -0.25) is 4.40 Å². The lowest BCUT2D eigenvalue weighted by Crippen LogP contribution is -2.11. The van der Waals surface area contributed by atoms with E-state index >= 15 is 0 Å². The summed E-state index contributed by atoms with van der Waals surface area (Å²) < 4.78 is 2.00. The first-order valence-electron chi connectivity index (χ1n) is 7.39. The second kappa shape index (κ2) is 5.24. The highest BCUT2D eigenvalue weighted by atomic mass is 15.3. The largest absolute Gasteiger partial charge is 0.382 e. The molecule has 0 saturated heterocycles. The Morgan fingerprint density at radius 1 is 1.30 bits per heavy atom. The number of nitrogen functional groups attached to an aromatic ring is 1. The summed E-state index contributed by atoms with van der Waals surface area (Å²) in [6.07, 6.45) is 7.27. The van der Waals surface area contributed by atoms with Crippen molar-refractivity contribution in [2.75, 3.05) is 12.3 Å². The molecule has 0 spiro atoms. The predicted octanol–water partition coefficient (Wildman–Crippen LogP) is 2.29. The summed E-state index contributed by atoms with van der Waals surface area (Å²) in [5.41, 5.74) is 12.8. The van der Waals surface area contributed by atoms with E-state index in [0.29, 0.717) is 5.82 Å². The molecule has 0 aliphatic carbocycles. The molecule has 0 amide bonds. The van der Waals surface area contributed by atoms with Crippen molar-refractivity contribution in [3.8, 4) is 11.3 Å². The summed E-state index contributed by atoms with van der Waals surface area (Å²) >= 11 is 0. The van der Waals surface area contributed by atoms with Crippen LogP contribution in [0, 0.1) is 0 Å². The zero-order chi connectivity index (χ0) is 15.8. The van der Waals surface area contributed by atoms with Gasteiger partial charge in [-0.15, -0.1) is 0 Å². The van der Waals surface area contributed by atoms with Crippen LogP contribution in [0.2, 0.25) is 0 Å². The van der Waals surface area contributed by atoms with Gasteiger partial charge in [-0.05, 0) is 5.56 Å². The summed E-state index contributed by atoms with van der Waals surface area (Å²) in [6, 6.07) is 8.07. The molecule has 23 heavy (non-hydrogen) atoms. The molecule has 3 aromatic rings. The van der Waals surface area contributed by atoms with Crippen molar-refractivity contribution in [2.24, 2.45) is 5.10 Å². The van der Waals surface area contributed by atoms with Crippen LogP contribution in [-0.4, -0.2) is 27.1 Å². The van der Waals surface area contributed by atoms with E-state index in [4.69, 9.17) is 10.7 Å². The quantitative estimate of drug-likeness (QED) is 0.778. The van der Waals surface area contributed by atoms with Crippen molar-refractivity contribution in [3.63, 3.8) is 0 Å². The zero-order valence-corrected chi connectivity index (χ0v) is 12.5. The Morgan fingerprint density at radius 3 is 2.83 bits per heavy atom. The first-order chi connectivity index (χ1) is 11.3. The van der Waals surface area contributed by atoms with Crippen LogP contribution in [0.15, 0.2) is 48.3 Å². The third kappa shape index (κ3) is 2.15. The molecule has 0 fully saturated rings. The maximum atomic E-state index is 6.13. The normalized spacial score (nSPS) is 16.6. The molecule has 6 heteroatoms. The summed E-state index contributed by atoms with van der Waals surface area (Å²) in [5, 5.41) is 4.09. The minimum Gasteiger partial charge on any atom is -0.382 e. The Kier molecular flexibility index (Phi) is 3.08. The number of anilines is 1. The second-order valence-electron chi connectivity index (χ2n) is 5.42. The highest BCUT2D eigenvalue weighted by Crippen LogP contribution is 2.30. The third-order valence-electron chi connectivity index (χ3n) is 4.02. The van der Waals surface area contributed by atoms with E-state index in [-0.39, 0.29) is 5.92 Å². The fourth-order valence-electron chi connectivity index (χ4n) is 2.83. The van der Waals surface area contributed by atoms with Crippen molar-refractivity contribution in [2.45, 2.75) is 5.92 Å². The van der Waals surface area contributed by atoms with E-state index in [1.807, 2.05) is 47.2 Å². The van der Waals surface area contributed by atoms with Gasteiger partial charge < -0.3 is 11.2 Å². The Morgan fingerprint density at radius 2 is 2.13 bits per heavy atom. The Labute approximate surface area is 133 Å². The fraction of sp³-hybridized carbons (Fsp3) is 0.118. The molecule has 1 atom stereocenters. The topological polar surface area (TPSA) is 80.6 Å². The molecule has 2 aromatic heterocycles. The van der Waals surface area contributed by atoms with E-state index in [0.717, 1.165) is 34.7 Å². The summed E-state index contributed by atoms with van der Waals surface area (Å²) in [5.74, 6) is 1.49. The lowest BCUT2D eigenvalue weighted by Gasteiger charge is -2.05. The SMILES string of the molecule is C=Cc1ccc(-c2nc(C3C=NNC3)n3ccnc(N)c23)cc1. The maximum absolute atomic E-state index is 6.13. The standard InChI is InChI=1S/C17H16N6/c1-2-11-3-5-12(6-4-11)14-15-16(18)19-7-8-23(15)17(22-14)13-9-20-21-10-13/h2-9,13,21H,1,10H2,(H2,18,19). The predicted molar refractivity (Wildman–Crippen MR) is 92.2 cm³/mol. The number of imidazole rings is 1. The van der Waals surface area contributed by atoms with Gasteiger partial charge in [0.1, 0.15) is 22.9 Å². The van der Waals surface area contributed by atoms with Gasteiger partial charge in [-0.25, -0.2) is 9.97 Å². The minimum atomic E-state index is 0.116. The Balaban J connectivity index is 1.94. The van der Waals surface area contributed by atoms with Gasteiger partial charge >= 0.3 is 0 Å². The smallest absolute Gasteiger partial charge is 0.150 e. The van der Waals surface area contributed by atoms with Gasteiger partial charge in [-0.2, -0.15) is 5.10 Å². The Hall–Kier alpha value is -3.15. The van der Waals surface area contributed by atoms with E-state index in [2.05, 4.69) is 22.1 Å². The van der Waals surface area contributed by atoms with Crippen LogP contribution in [0.4, 0.5) is 5.82 Å². The number of hydrazone groups is 1. The number of nitrogens with one attached hydrogen (secondary N) is 1. The molecular weight excluding hydrogens is 288 g/mol. The van der Waals surface area contributed by atoms with Crippen molar-refractivity contribution < 1.29 is 0 Å². The van der Waals surface area contributed by atoms with E-state index in [1.54, 1.807) is 6.20 Å². The molecule has 0 radical (unpaired) electrons. The molecule has 3 N–H and O–H groups in total. The number of rotatable bonds is 3. The first kappa shape index (κ1) is 13.5. The highest BCUT2D eigenvalue weighted by Gasteiger charge is 2.23. The monoisotopic (exact) mass is 304 g/mol. The molecular formula is C17H16N6. The van der Waals surface area contributed by atoms with Gasteiger partial charge in [-0.1, -0.05) is 36.9 Å². The van der Waals surface area contributed by atoms with Crippen LogP contribution in [0.1, 0.15) is 17.3 Å². The average molecular weight is 304 g/mol. The van der Waals surface area contributed by atoms with Crippen molar-refractivity contribution >= 4 is 23.6 Å². The van der Waals surface area contributed by atoms with Crippen LogP contribution < -0.4 is 11.2 Å². The summed E-state index contributed by atoms with van der Waals surface area (Å²) in [4.78, 5) is 9.06. The van der Waals surface area contributed by atoms with Gasteiger partial charge in [0, 0.05) is 30.7 Å². The molecule has 6 nitrogen and oxygen atoms in total. The fourth-order valence-corrected chi connectivity index (χ4v) is 2.83. The molecule has 0 saturated carbocycles. The van der Waals surface area contributed by atoms with Crippen LogP contribution >= 0.6 is 0 Å². The number of nitrogens with two attached hydrogens (primary N) is 1. The Bertz CT molecular complexity index is 907. The summed E-state index contributed by atoms with van der Waals surface area (Å²) in [7, 11) is 0. The lowest BCUT2D eigenvalue weighted by atomic mass is 10.1. The molecule has 4 rings (SSSR count).